The molecule has 0 aliphatic heterocycles. The first-order valence-corrected chi connectivity index (χ1v) is 6.21. The average molecular weight is 228 g/mol. The van der Waals surface area contributed by atoms with Crippen molar-refractivity contribution in [2.24, 2.45) is 5.73 Å². The van der Waals surface area contributed by atoms with Crippen LogP contribution in [0.4, 0.5) is 0 Å². The molecule has 66 valence electrons. The fraction of sp³-hybridized carbons (Fsp3) is 0.400. The van der Waals surface area contributed by atoms with Gasteiger partial charge in [0.2, 0.25) is 0 Å². The van der Waals surface area contributed by atoms with Crippen molar-refractivity contribution in [1.29, 1.82) is 0 Å². The standard InChI is InChI=1S/C10H15NSe/c1-8-3-4-10(9(2)7-8)12-6-5-11/h3-4,7H,5-6,11H2,1-2H3. The van der Waals surface area contributed by atoms with Gasteiger partial charge in [0, 0.05) is 0 Å². The van der Waals surface area contributed by atoms with E-state index in [1.165, 1.54) is 15.6 Å². The molecule has 0 unspecified atom stereocenters. The summed E-state index contributed by atoms with van der Waals surface area (Å²) in [6.07, 6.45) is 0. The van der Waals surface area contributed by atoms with Crippen LogP contribution >= 0.6 is 0 Å². The molecular weight excluding hydrogens is 213 g/mol. The minimum absolute atomic E-state index is 0.576. The van der Waals surface area contributed by atoms with Crippen molar-refractivity contribution in [2.45, 2.75) is 19.2 Å². The molecule has 1 rings (SSSR count). The van der Waals surface area contributed by atoms with Crippen LogP contribution in [0, 0.1) is 13.8 Å². The van der Waals surface area contributed by atoms with Crippen molar-refractivity contribution in [1.82, 2.24) is 0 Å². The van der Waals surface area contributed by atoms with Crippen molar-refractivity contribution >= 4 is 19.4 Å². The molecule has 1 aromatic carbocycles. The summed E-state index contributed by atoms with van der Waals surface area (Å²) < 4.78 is 1.50. The van der Waals surface area contributed by atoms with E-state index in [4.69, 9.17) is 5.73 Å². The Labute approximate surface area is 80.5 Å². The molecule has 0 bridgehead atoms. The Balaban J connectivity index is 2.72. The maximum absolute atomic E-state index is 5.47. The average Bonchev–Trinajstić information content (AvgIpc) is 2.03. The molecule has 0 heterocycles. The van der Waals surface area contributed by atoms with Crippen molar-refractivity contribution in [3.8, 4) is 0 Å². The van der Waals surface area contributed by atoms with Gasteiger partial charge < -0.3 is 0 Å². The second-order valence-corrected chi connectivity index (χ2v) is 5.29. The molecule has 0 saturated heterocycles. The Bertz CT molecular complexity index is 258. The molecule has 0 atom stereocenters. The number of hydrogen-bond donors (Lipinski definition) is 1. The Hall–Kier alpha value is -0.301. The molecule has 0 fully saturated rings. The van der Waals surface area contributed by atoms with Crippen molar-refractivity contribution in [3.05, 3.63) is 29.3 Å². The third-order valence-corrected chi connectivity index (χ3v) is 4.24. The molecule has 2 heteroatoms. The third kappa shape index (κ3) is 2.63. The summed E-state index contributed by atoms with van der Waals surface area (Å²) in [6, 6.07) is 6.66. The predicted molar refractivity (Wildman–Crippen MR) is 55.2 cm³/mol. The molecule has 0 aromatic heterocycles. The van der Waals surface area contributed by atoms with Crippen LogP contribution in [0.3, 0.4) is 0 Å². The fourth-order valence-corrected chi connectivity index (χ4v) is 2.78. The third-order valence-electron chi connectivity index (χ3n) is 1.71. The molecule has 1 aromatic rings. The monoisotopic (exact) mass is 229 g/mol. The van der Waals surface area contributed by atoms with Crippen LogP contribution < -0.4 is 10.2 Å². The van der Waals surface area contributed by atoms with E-state index in [9.17, 15) is 0 Å². The minimum atomic E-state index is 0.576. The van der Waals surface area contributed by atoms with Crippen molar-refractivity contribution in [2.75, 3.05) is 6.54 Å². The topological polar surface area (TPSA) is 26.0 Å². The second kappa shape index (κ2) is 4.66. The Morgan fingerprint density at radius 1 is 1.33 bits per heavy atom. The summed E-state index contributed by atoms with van der Waals surface area (Å²) in [7, 11) is 0. The number of aryl methyl sites for hydroxylation is 2. The first kappa shape index (κ1) is 9.78. The Morgan fingerprint density at radius 3 is 2.67 bits per heavy atom. The van der Waals surface area contributed by atoms with E-state index >= 15 is 0 Å². The number of benzene rings is 1. The second-order valence-electron chi connectivity index (χ2n) is 2.91. The fourth-order valence-electron chi connectivity index (χ4n) is 1.13. The predicted octanol–water partition coefficient (Wildman–Crippen LogP) is 1.01. The van der Waals surface area contributed by atoms with Gasteiger partial charge in [-0.2, -0.15) is 0 Å². The van der Waals surface area contributed by atoms with Gasteiger partial charge in [-0.05, 0) is 0 Å². The van der Waals surface area contributed by atoms with Crippen LogP contribution in [-0.2, 0) is 0 Å². The van der Waals surface area contributed by atoms with E-state index in [0.29, 0.717) is 15.0 Å². The summed E-state index contributed by atoms with van der Waals surface area (Å²) in [5.41, 5.74) is 8.24. The maximum atomic E-state index is 5.47. The molecule has 12 heavy (non-hydrogen) atoms. The van der Waals surface area contributed by atoms with Gasteiger partial charge in [-0.15, -0.1) is 0 Å². The molecule has 2 N–H and O–H groups in total. The van der Waals surface area contributed by atoms with Crippen LogP contribution in [0.5, 0.6) is 0 Å². The zero-order chi connectivity index (χ0) is 8.97. The summed E-state index contributed by atoms with van der Waals surface area (Å²) in [5.74, 6) is 0. The summed E-state index contributed by atoms with van der Waals surface area (Å²) in [4.78, 5) is 0. The van der Waals surface area contributed by atoms with Crippen molar-refractivity contribution < 1.29 is 0 Å². The van der Waals surface area contributed by atoms with Gasteiger partial charge in [0.05, 0.1) is 0 Å². The summed E-state index contributed by atoms with van der Waals surface area (Å²) in [6.45, 7) is 5.13. The van der Waals surface area contributed by atoms with Gasteiger partial charge in [0.15, 0.2) is 0 Å². The number of rotatable bonds is 3. The van der Waals surface area contributed by atoms with E-state index in [-0.39, 0.29) is 0 Å². The molecule has 0 aliphatic carbocycles. The number of nitrogens with two attached hydrogens (primary N) is 1. The normalized spacial score (nSPS) is 10.2. The van der Waals surface area contributed by atoms with Gasteiger partial charge in [0.1, 0.15) is 0 Å². The van der Waals surface area contributed by atoms with Gasteiger partial charge in [-0.3, -0.25) is 0 Å². The Kier molecular flexibility index (Phi) is 3.80. The van der Waals surface area contributed by atoms with Crippen molar-refractivity contribution in [3.63, 3.8) is 0 Å². The van der Waals surface area contributed by atoms with E-state index in [2.05, 4.69) is 32.0 Å². The zero-order valence-corrected chi connectivity index (χ0v) is 9.34. The van der Waals surface area contributed by atoms with Crippen LogP contribution in [0.15, 0.2) is 18.2 Å². The van der Waals surface area contributed by atoms with Gasteiger partial charge in [-0.25, -0.2) is 0 Å². The van der Waals surface area contributed by atoms with Gasteiger partial charge in [0.25, 0.3) is 0 Å². The molecule has 0 radical (unpaired) electrons. The Morgan fingerprint density at radius 2 is 2.08 bits per heavy atom. The first-order valence-electron chi connectivity index (χ1n) is 4.14. The van der Waals surface area contributed by atoms with Crippen LogP contribution in [0.1, 0.15) is 11.1 Å². The zero-order valence-electron chi connectivity index (χ0n) is 7.63. The van der Waals surface area contributed by atoms with Gasteiger partial charge in [-0.1, -0.05) is 0 Å². The van der Waals surface area contributed by atoms with Gasteiger partial charge >= 0.3 is 80.2 Å². The SMILES string of the molecule is Cc1ccc([Se]CCN)c(C)c1. The van der Waals surface area contributed by atoms with Crippen LogP contribution in [0.2, 0.25) is 5.32 Å². The van der Waals surface area contributed by atoms with E-state index in [1.807, 2.05) is 0 Å². The quantitative estimate of drug-likeness (QED) is 0.768. The summed E-state index contributed by atoms with van der Waals surface area (Å²) in [5, 5.41) is 1.15. The molecule has 0 amide bonds. The molecule has 0 aliphatic rings. The van der Waals surface area contributed by atoms with E-state index in [0.717, 1.165) is 11.9 Å². The first-order chi connectivity index (χ1) is 5.74. The molecular formula is C10H15NSe. The molecule has 0 spiro atoms. The summed E-state index contributed by atoms with van der Waals surface area (Å²) >= 11 is 0.576. The van der Waals surface area contributed by atoms with Crippen LogP contribution in [-0.4, -0.2) is 21.5 Å². The van der Waals surface area contributed by atoms with Crippen LogP contribution in [0.25, 0.3) is 0 Å². The van der Waals surface area contributed by atoms with E-state index < -0.39 is 0 Å². The molecule has 0 saturated carbocycles. The number of hydrogen-bond acceptors (Lipinski definition) is 1. The molecule has 1 nitrogen and oxygen atoms in total. The van der Waals surface area contributed by atoms with E-state index in [1.54, 1.807) is 0 Å².